The van der Waals surface area contributed by atoms with E-state index in [2.05, 4.69) is 10.6 Å². The zero-order valence-corrected chi connectivity index (χ0v) is 12.3. The molecule has 20 heavy (non-hydrogen) atoms. The summed E-state index contributed by atoms with van der Waals surface area (Å²) in [5.41, 5.74) is -0.807. The number of anilines is 1. The molecule has 7 nitrogen and oxygen atoms in total. The first-order chi connectivity index (χ1) is 9.21. The second-order valence-corrected chi connectivity index (χ2v) is 8.05. The third-order valence-electron chi connectivity index (χ3n) is 3.04. The Morgan fingerprint density at radius 2 is 2.15 bits per heavy atom. The van der Waals surface area contributed by atoms with Crippen molar-refractivity contribution in [2.75, 3.05) is 16.8 Å². The summed E-state index contributed by atoms with van der Waals surface area (Å²) in [7, 11) is -3.12. The van der Waals surface area contributed by atoms with Gasteiger partial charge in [0, 0.05) is 0 Å². The van der Waals surface area contributed by atoms with E-state index in [1.165, 1.54) is 6.07 Å². The Kier molecular flexibility index (Phi) is 3.74. The first kappa shape index (κ1) is 14.8. The summed E-state index contributed by atoms with van der Waals surface area (Å²) in [4.78, 5) is 22.8. The summed E-state index contributed by atoms with van der Waals surface area (Å²) < 4.78 is 22.9. The number of carboxylic acids is 1. The monoisotopic (exact) mass is 318 g/mol. The molecule has 1 aliphatic rings. The highest BCUT2D eigenvalue weighted by Gasteiger charge is 2.39. The van der Waals surface area contributed by atoms with Crippen molar-refractivity contribution in [2.24, 2.45) is 0 Å². The largest absolute Gasteiger partial charge is 0.478 e. The Balaban J connectivity index is 2.03. The highest BCUT2D eigenvalue weighted by atomic mass is 32.2. The van der Waals surface area contributed by atoms with Crippen LogP contribution in [0.3, 0.4) is 0 Å². The number of amides is 2. The van der Waals surface area contributed by atoms with Crippen LogP contribution in [0.1, 0.15) is 23.7 Å². The van der Waals surface area contributed by atoms with Crippen molar-refractivity contribution < 1.29 is 23.1 Å². The van der Waals surface area contributed by atoms with Crippen LogP contribution in [0, 0.1) is 0 Å². The molecule has 0 spiro atoms. The van der Waals surface area contributed by atoms with Gasteiger partial charge < -0.3 is 10.4 Å². The second kappa shape index (κ2) is 5.06. The van der Waals surface area contributed by atoms with Crippen LogP contribution in [-0.2, 0) is 9.84 Å². The van der Waals surface area contributed by atoms with Crippen LogP contribution >= 0.6 is 11.3 Å². The lowest BCUT2D eigenvalue weighted by molar-refractivity contribution is 0.0698. The summed E-state index contributed by atoms with van der Waals surface area (Å²) in [5, 5.41) is 15.7. The standard InChI is InChI=1S/C11H14N2O5S2/c1-11(3-5-20(17,18)6-11)13-10(16)12-8-7(9(14)15)2-4-19-8/h2,4H,3,5-6H2,1H3,(H,14,15)(H2,12,13,16). The van der Waals surface area contributed by atoms with Gasteiger partial charge in [0.25, 0.3) is 0 Å². The number of hydrogen-bond donors (Lipinski definition) is 3. The van der Waals surface area contributed by atoms with Crippen LogP contribution in [0.25, 0.3) is 0 Å². The molecular weight excluding hydrogens is 304 g/mol. The van der Waals surface area contributed by atoms with Gasteiger partial charge in [-0.3, -0.25) is 5.32 Å². The molecule has 2 amide bonds. The van der Waals surface area contributed by atoms with Crippen molar-refractivity contribution in [2.45, 2.75) is 18.9 Å². The van der Waals surface area contributed by atoms with Gasteiger partial charge in [0.1, 0.15) is 5.00 Å². The predicted octanol–water partition coefficient (Wildman–Crippen LogP) is 1.15. The van der Waals surface area contributed by atoms with Crippen molar-refractivity contribution in [3.8, 4) is 0 Å². The van der Waals surface area contributed by atoms with Gasteiger partial charge in [-0.2, -0.15) is 0 Å². The van der Waals surface area contributed by atoms with Crippen LogP contribution in [0.15, 0.2) is 11.4 Å². The first-order valence-corrected chi connectivity index (χ1v) is 8.51. The maximum Gasteiger partial charge on any atom is 0.338 e. The van der Waals surface area contributed by atoms with E-state index in [0.717, 1.165) is 11.3 Å². The molecule has 1 unspecified atom stereocenters. The van der Waals surface area contributed by atoms with Crippen LogP contribution in [0.4, 0.5) is 9.80 Å². The van der Waals surface area contributed by atoms with E-state index in [9.17, 15) is 18.0 Å². The van der Waals surface area contributed by atoms with E-state index in [1.807, 2.05) is 0 Å². The lowest BCUT2D eigenvalue weighted by Crippen LogP contribution is -2.48. The molecule has 1 atom stereocenters. The number of nitrogens with one attached hydrogen (secondary N) is 2. The van der Waals surface area contributed by atoms with E-state index in [1.54, 1.807) is 12.3 Å². The van der Waals surface area contributed by atoms with Gasteiger partial charge in [-0.05, 0) is 24.8 Å². The van der Waals surface area contributed by atoms with Crippen molar-refractivity contribution in [1.82, 2.24) is 5.32 Å². The molecule has 0 radical (unpaired) electrons. The van der Waals surface area contributed by atoms with Crippen LogP contribution in [0.2, 0.25) is 0 Å². The minimum atomic E-state index is -3.12. The van der Waals surface area contributed by atoms with Gasteiger partial charge in [-0.25, -0.2) is 18.0 Å². The topological polar surface area (TPSA) is 113 Å². The minimum Gasteiger partial charge on any atom is -0.478 e. The minimum absolute atomic E-state index is 0.00865. The lowest BCUT2D eigenvalue weighted by atomic mass is 10.0. The summed E-state index contributed by atoms with van der Waals surface area (Å²) in [6.45, 7) is 1.66. The van der Waals surface area contributed by atoms with E-state index in [0.29, 0.717) is 6.42 Å². The molecule has 1 aromatic heterocycles. The zero-order valence-electron chi connectivity index (χ0n) is 10.7. The predicted molar refractivity (Wildman–Crippen MR) is 75.1 cm³/mol. The zero-order chi connectivity index (χ0) is 15.0. The number of carbonyl (C=O) groups excluding carboxylic acids is 1. The Hall–Kier alpha value is -1.61. The number of carbonyl (C=O) groups is 2. The highest BCUT2D eigenvalue weighted by Crippen LogP contribution is 2.25. The third kappa shape index (κ3) is 3.28. The van der Waals surface area contributed by atoms with E-state index in [4.69, 9.17) is 5.11 Å². The lowest BCUT2D eigenvalue weighted by Gasteiger charge is -2.23. The molecule has 3 N–H and O–H groups in total. The van der Waals surface area contributed by atoms with Crippen LogP contribution < -0.4 is 10.6 Å². The van der Waals surface area contributed by atoms with Crippen LogP contribution in [0.5, 0.6) is 0 Å². The molecule has 1 fully saturated rings. The fraction of sp³-hybridized carbons (Fsp3) is 0.455. The summed E-state index contributed by atoms with van der Waals surface area (Å²) >= 11 is 1.09. The van der Waals surface area contributed by atoms with Gasteiger partial charge in [0.05, 0.1) is 22.6 Å². The summed E-state index contributed by atoms with van der Waals surface area (Å²) in [6, 6.07) is 0.791. The maximum absolute atomic E-state index is 11.9. The van der Waals surface area contributed by atoms with Crippen LogP contribution in [-0.4, -0.2) is 42.6 Å². The van der Waals surface area contributed by atoms with Crippen molar-refractivity contribution in [1.29, 1.82) is 0 Å². The Labute approximate surface area is 119 Å². The fourth-order valence-corrected chi connectivity index (χ4v) is 4.96. The summed E-state index contributed by atoms with van der Waals surface area (Å²) in [6.07, 6.45) is 0.346. The first-order valence-electron chi connectivity index (χ1n) is 5.81. The number of sulfone groups is 1. The number of urea groups is 1. The number of hydrogen-bond acceptors (Lipinski definition) is 5. The number of rotatable bonds is 3. The van der Waals surface area contributed by atoms with Gasteiger partial charge >= 0.3 is 12.0 Å². The van der Waals surface area contributed by atoms with Crippen molar-refractivity contribution in [3.63, 3.8) is 0 Å². The molecule has 0 saturated carbocycles. The van der Waals surface area contributed by atoms with Crippen molar-refractivity contribution in [3.05, 3.63) is 17.0 Å². The molecular formula is C11H14N2O5S2. The average Bonchev–Trinajstić information content (AvgIpc) is 2.83. The highest BCUT2D eigenvalue weighted by molar-refractivity contribution is 7.91. The van der Waals surface area contributed by atoms with Gasteiger partial charge in [-0.1, -0.05) is 0 Å². The molecule has 110 valence electrons. The van der Waals surface area contributed by atoms with Crippen molar-refractivity contribution >= 4 is 38.2 Å². The smallest absolute Gasteiger partial charge is 0.338 e. The Bertz CT molecular complexity index is 652. The molecule has 0 aliphatic carbocycles. The molecule has 2 rings (SSSR count). The number of carboxylic acid groups (broad SMARTS) is 1. The SMILES string of the molecule is CC1(NC(=O)Nc2sccc2C(=O)O)CCS(=O)(=O)C1. The molecule has 1 saturated heterocycles. The van der Waals surface area contributed by atoms with E-state index in [-0.39, 0.29) is 22.1 Å². The average molecular weight is 318 g/mol. The second-order valence-electron chi connectivity index (χ2n) is 4.95. The molecule has 1 aliphatic heterocycles. The number of thiophene rings is 1. The van der Waals surface area contributed by atoms with Gasteiger partial charge in [-0.15, -0.1) is 11.3 Å². The Morgan fingerprint density at radius 1 is 1.45 bits per heavy atom. The molecule has 9 heteroatoms. The summed E-state index contributed by atoms with van der Waals surface area (Å²) in [5.74, 6) is -1.19. The van der Waals surface area contributed by atoms with E-state index < -0.39 is 27.4 Å². The molecule has 0 aromatic carbocycles. The number of aromatic carboxylic acids is 1. The molecule has 2 heterocycles. The molecule has 1 aromatic rings. The maximum atomic E-state index is 11.9. The normalized spacial score (nSPS) is 24.2. The van der Waals surface area contributed by atoms with Gasteiger partial charge in [0.2, 0.25) is 0 Å². The molecule has 0 bridgehead atoms. The van der Waals surface area contributed by atoms with E-state index >= 15 is 0 Å². The quantitative estimate of drug-likeness (QED) is 0.773. The Morgan fingerprint density at radius 3 is 2.70 bits per heavy atom. The fourth-order valence-electron chi connectivity index (χ4n) is 2.09. The van der Waals surface area contributed by atoms with Gasteiger partial charge in [0.15, 0.2) is 9.84 Å². The third-order valence-corrected chi connectivity index (χ3v) is 5.77.